The zero-order valence-electron chi connectivity index (χ0n) is 22.1. The van der Waals surface area contributed by atoms with E-state index >= 15 is 0 Å². The maximum Gasteiger partial charge on any atom is 0.573 e. The first-order valence-corrected chi connectivity index (χ1v) is 13.6. The summed E-state index contributed by atoms with van der Waals surface area (Å²) in [7, 11) is 2.01. The number of rotatable bonds is 8. The van der Waals surface area contributed by atoms with Crippen molar-refractivity contribution in [1.82, 2.24) is 14.8 Å². The monoisotopic (exact) mass is 567 g/mol. The predicted octanol–water partition coefficient (Wildman–Crippen LogP) is 2.29. The number of likely N-dealkylation sites (N-methyl/N-ethyl adjacent to an activating group) is 1. The predicted molar refractivity (Wildman–Crippen MR) is 141 cm³/mol. The third-order valence-corrected chi connectivity index (χ3v) is 8.52. The van der Waals surface area contributed by atoms with Crippen molar-refractivity contribution in [2.75, 3.05) is 36.2 Å². The second-order valence-corrected chi connectivity index (χ2v) is 11.2. The number of halogens is 3. The molecule has 1 saturated carbocycles. The van der Waals surface area contributed by atoms with E-state index in [4.69, 9.17) is 10.5 Å². The van der Waals surface area contributed by atoms with Gasteiger partial charge in [0.2, 0.25) is 0 Å². The Balaban J connectivity index is 0.953. The van der Waals surface area contributed by atoms with Crippen LogP contribution in [0, 0.1) is 5.92 Å². The van der Waals surface area contributed by atoms with Crippen LogP contribution in [0.4, 0.5) is 30.4 Å². The molecule has 8 N–H and O–H groups in total. The highest BCUT2D eigenvalue weighted by Gasteiger charge is 2.46. The number of aromatic nitrogens is 1. The van der Waals surface area contributed by atoms with Gasteiger partial charge < -0.3 is 50.8 Å². The van der Waals surface area contributed by atoms with Gasteiger partial charge in [0.25, 0.3) is 0 Å². The number of nitrogens with two attached hydrogens (primary N) is 1. The second kappa shape index (κ2) is 10.6. The Morgan fingerprint density at radius 3 is 2.67 bits per heavy atom. The Morgan fingerprint density at radius 1 is 1.12 bits per heavy atom. The number of fused-ring (bicyclic) bond motifs is 2. The molecule has 3 aliphatic heterocycles. The number of hydrogen-bond acceptors (Lipinski definition) is 10. The number of aliphatic hydroxyl groups excluding tert-OH is 2. The van der Waals surface area contributed by atoms with Crippen molar-refractivity contribution in [3.05, 3.63) is 36.0 Å². The van der Waals surface area contributed by atoms with Crippen molar-refractivity contribution in [2.24, 2.45) is 11.7 Å². The third-order valence-electron chi connectivity index (χ3n) is 8.52. The van der Waals surface area contributed by atoms with E-state index in [0.29, 0.717) is 30.9 Å². The smallest absolute Gasteiger partial charge is 0.406 e. The molecule has 1 saturated heterocycles. The number of ether oxygens (including phenoxy) is 2. The van der Waals surface area contributed by atoms with Crippen LogP contribution in [0.5, 0.6) is 5.75 Å². The molecule has 6 atom stereocenters. The van der Waals surface area contributed by atoms with Gasteiger partial charge in [-0.3, -0.25) is 5.32 Å². The fourth-order valence-corrected chi connectivity index (χ4v) is 6.24. The molecule has 11 nitrogen and oxygen atoms in total. The Labute approximate surface area is 229 Å². The van der Waals surface area contributed by atoms with Crippen LogP contribution in [-0.2, 0) is 4.74 Å². The topological polar surface area (TPSA) is 141 Å². The minimum Gasteiger partial charge on any atom is -0.406 e. The van der Waals surface area contributed by atoms with Crippen LogP contribution in [0.25, 0.3) is 0 Å². The van der Waals surface area contributed by atoms with Crippen LogP contribution >= 0.6 is 0 Å². The summed E-state index contributed by atoms with van der Waals surface area (Å²) in [6.07, 6.45) is -2.77. The average Bonchev–Trinajstić information content (AvgIpc) is 3.54. The van der Waals surface area contributed by atoms with Crippen LogP contribution in [0.2, 0.25) is 0 Å². The summed E-state index contributed by atoms with van der Waals surface area (Å²) in [4.78, 5) is 2.19. The summed E-state index contributed by atoms with van der Waals surface area (Å²) in [5.74, 6) is 1.07. The summed E-state index contributed by atoms with van der Waals surface area (Å²) < 4.78 is 49.5. The van der Waals surface area contributed by atoms with E-state index in [1.54, 1.807) is 10.6 Å². The molecule has 4 aliphatic rings. The van der Waals surface area contributed by atoms with Crippen molar-refractivity contribution in [3.63, 3.8) is 0 Å². The molecule has 40 heavy (non-hydrogen) atoms. The van der Waals surface area contributed by atoms with E-state index in [2.05, 4.69) is 30.9 Å². The first-order chi connectivity index (χ1) is 19.1. The number of aliphatic hydroxyl groups is 2. The standard InChI is InChI=1S/C26H36F3N7O4/c1-35(11-19-21(37)22(38)25(39-19)36-7-6-16-23(30)31-12-32-24(16)36)14-8-13(9-14)2-5-20-33-17-4-3-15(10-18(17)34-20)40-26(27,28)29/h3-4,6-7,10,13-14,19-23,25,31-34,37-38H,2,5,8-9,11-12,30H2,1H3/t13-,14-,19-,20?,21-,22-,23?,25-/m1/s1. The number of alkyl halides is 3. The first kappa shape index (κ1) is 27.4. The molecule has 0 amide bonds. The zero-order valence-corrected chi connectivity index (χ0v) is 22.1. The maximum absolute atomic E-state index is 12.5. The van der Waals surface area contributed by atoms with Crippen LogP contribution in [0.1, 0.15) is 43.6 Å². The summed E-state index contributed by atoms with van der Waals surface area (Å²) in [6, 6.07) is 6.49. The van der Waals surface area contributed by atoms with Crippen LogP contribution in [0.3, 0.4) is 0 Å². The number of nitrogens with zero attached hydrogens (tertiary/aromatic N) is 2. The largest absolute Gasteiger partial charge is 0.573 e. The molecule has 1 aliphatic carbocycles. The highest BCUT2D eigenvalue weighted by molar-refractivity contribution is 5.75. The fourth-order valence-electron chi connectivity index (χ4n) is 6.24. The van der Waals surface area contributed by atoms with Gasteiger partial charge in [-0.05, 0) is 56.8 Å². The SMILES string of the molecule is CN(C[C@H]1O[C@@H](n2ccc3c2NCNC3N)[C@H](O)[C@@H]1O)[C@H]1C[C@H](CCC2Nc3ccc(OC(F)(F)F)cc3N2)C1. The van der Waals surface area contributed by atoms with Gasteiger partial charge in [-0.1, -0.05) is 0 Å². The van der Waals surface area contributed by atoms with Crippen molar-refractivity contribution < 1.29 is 32.9 Å². The number of nitrogens with one attached hydrogen (secondary N) is 4. The molecular formula is C26H36F3N7O4. The highest BCUT2D eigenvalue weighted by atomic mass is 19.4. The molecule has 1 aromatic heterocycles. The lowest BCUT2D eigenvalue weighted by atomic mass is 9.76. The van der Waals surface area contributed by atoms with Crippen molar-refractivity contribution in [1.29, 1.82) is 0 Å². The van der Waals surface area contributed by atoms with Gasteiger partial charge in [-0.25, -0.2) is 0 Å². The van der Waals surface area contributed by atoms with E-state index in [-0.39, 0.29) is 18.1 Å². The second-order valence-electron chi connectivity index (χ2n) is 11.2. The lowest BCUT2D eigenvalue weighted by Gasteiger charge is -2.42. The summed E-state index contributed by atoms with van der Waals surface area (Å²) in [5.41, 5.74) is 8.35. The molecule has 14 heteroatoms. The third kappa shape index (κ3) is 5.43. The van der Waals surface area contributed by atoms with E-state index in [1.807, 2.05) is 19.3 Å². The van der Waals surface area contributed by atoms with Gasteiger partial charge in [0.15, 0.2) is 6.23 Å². The molecule has 0 bridgehead atoms. The number of anilines is 3. The molecule has 0 radical (unpaired) electrons. The van der Waals surface area contributed by atoms with Crippen LogP contribution in [-0.4, -0.2) is 76.8 Å². The Kier molecular flexibility index (Phi) is 7.25. The summed E-state index contributed by atoms with van der Waals surface area (Å²) in [5, 5.41) is 34.4. The van der Waals surface area contributed by atoms with Gasteiger partial charge >= 0.3 is 6.36 Å². The number of hydrogen-bond donors (Lipinski definition) is 7. The Bertz CT molecular complexity index is 1210. The average molecular weight is 568 g/mol. The van der Waals surface area contributed by atoms with Gasteiger partial charge in [0.05, 0.1) is 30.4 Å². The zero-order chi connectivity index (χ0) is 28.2. The lowest BCUT2D eigenvalue weighted by molar-refractivity contribution is -0.274. The quantitative estimate of drug-likeness (QED) is 0.254. The molecular weight excluding hydrogens is 531 g/mol. The molecule has 2 aromatic rings. The van der Waals surface area contributed by atoms with E-state index in [1.165, 1.54) is 12.1 Å². The van der Waals surface area contributed by atoms with E-state index in [0.717, 1.165) is 42.8 Å². The van der Waals surface area contributed by atoms with Gasteiger partial charge in [0, 0.05) is 30.4 Å². The molecule has 0 spiro atoms. The Morgan fingerprint density at radius 2 is 1.90 bits per heavy atom. The van der Waals surface area contributed by atoms with Crippen LogP contribution < -0.4 is 31.7 Å². The maximum atomic E-state index is 12.5. The molecule has 220 valence electrons. The van der Waals surface area contributed by atoms with Crippen molar-refractivity contribution in [3.8, 4) is 5.75 Å². The van der Waals surface area contributed by atoms with Crippen molar-refractivity contribution >= 4 is 17.2 Å². The molecule has 1 aromatic carbocycles. The van der Waals surface area contributed by atoms with Crippen LogP contribution in [0.15, 0.2) is 30.5 Å². The molecule has 6 rings (SSSR count). The normalized spacial score (nSPS) is 33.0. The summed E-state index contributed by atoms with van der Waals surface area (Å²) in [6.45, 7) is 0.990. The molecule has 2 fully saturated rings. The fraction of sp³-hybridized carbons (Fsp3) is 0.615. The van der Waals surface area contributed by atoms with E-state index < -0.39 is 30.9 Å². The molecule has 4 heterocycles. The highest BCUT2D eigenvalue weighted by Crippen LogP contribution is 2.40. The van der Waals surface area contributed by atoms with Gasteiger partial charge in [-0.15, -0.1) is 13.2 Å². The first-order valence-electron chi connectivity index (χ1n) is 13.6. The molecule has 2 unspecified atom stereocenters. The minimum atomic E-state index is -4.72. The van der Waals surface area contributed by atoms with Gasteiger partial charge in [0.1, 0.15) is 29.9 Å². The van der Waals surface area contributed by atoms with Gasteiger partial charge in [-0.2, -0.15) is 0 Å². The lowest BCUT2D eigenvalue weighted by Crippen LogP contribution is -2.48. The Hall–Kier alpha value is -2.75. The number of benzene rings is 1. The van der Waals surface area contributed by atoms with E-state index in [9.17, 15) is 23.4 Å². The summed E-state index contributed by atoms with van der Waals surface area (Å²) >= 11 is 0. The minimum absolute atomic E-state index is 0.0485. The van der Waals surface area contributed by atoms with Crippen molar-refractivity contribution in [2.45, 2.75) is 75.0 Å².